The Bertz CT molecular complexity index is 574. The van der Waals surface area contributed by atoms with E-state index < -0.39 is 0 Å². The summed E-state index contributed by atoms with van der Waals surface area (Å²) in [5, 5.41) is 3.17. The first-order valence-electron chi connectivity index (χ1n) is 5.30. The van der Waals surface area contributed by atoms with Crippen LogP contribution in [0.3, 0.4) is 0 Å². The summed E-state index contributed by atoms with van der Waals surface area (Å²) in [5.74, 6) is 0.892. The van der Waals surface area contributed by atoms with Crippen LogP contribution in [0, 0.1) is 6.92 Å². The summed E-state index contributed by atoms with van der Waals surface area (Å²) in [7, 11) is 1.52. The van der Waals surface area contributed by atoms with Crippen molar-refractivity contribution in [3.05, 3.63) is 34.6 Å². The Morgan fingerprint density at radius 3 is 2.83 bits per heavy atom. The highest BCUT2D eigenvalue weighted by molar-refractivity contribution is 9.10. The Balaban J connectivity index is 2.37. The number of hydrogen-bond acceptors (Lipinski definition) is 5. The van der Waals surface area contributed by atoms with Gasteiger partial charge in [-0.1, -0.05) is 22.0 Å². The van der Waals surface area contributed by atoms with Gasteiger partial charge in [-0.3, -0.25) is 0 Å². The average molecular weight is 309 g/mol. The number of nitrogens with one attached hydrogen (secondary N) is 1. The lowest BCUT2D eigenvalue weighted by Crippen LogP contribution is -2.04. The lowest BCUT2D eigenvalue weighted by molar-refractivity contribution is 0.399. The van der Waals surface area contributed by atoms with Crippen molar-refractivity contribution in [3.63, 3.8) is 0 Å². The van der Waals surface area contributed by atoms with E-state index in [2.05, 4.69) is 31.2 Å². The average Bonchev–Trinajstić information content (AvgIpc) is 2.37. The number of methoxy groups -OCH3 is 1. The molecule has 2 rings (SSSR count). The van der Waals surface area contributed by atoms with Gasteiger partial charge in [-0.15, -0.1) is 0 Å². The van der Waals surface area contributed by atoms with Crippen LogP contribution >= 0.6 is 15.9 Å². The lowest BCUT2D eigenvalue weighted by atomic mass is 10.2. The molecule has 0 radical (unpaired) electrons. The van der Waals surface area contributed by atoms with Crippen LogP contribution < -0.4 is 15.8 Å². The molecule has 0 saturated carbocycles. The summed E-state index contributed by atoms with van der Waals surface area (Å²) >= 11 is 3.48. The minimum absolute atomic E-state index is 0.361. The van der Waals surface area contributed by atoms with Gasteiger partial charge in [-0.05, 0) is 24.6 Å². The predicted octanol–water partition coefficient (Wildman–Crippen LogP) is 2.88. The molecule has 0 saturated heterocycles. The minimum atomic E-state index is 0.361. The maximum atomic E-state index is 5.91. The maximum absolute atomic E-state index is 5.91. The molecule has 0 aliphatic rings. The van der Waals surface area contributed by atoms with Crippen LogP contribution in [0.25, 0.3) is 0 Å². The molecule has 5 nitrogen and oxygen atoms in total. The Kier molecular flexibility index (Phi) is 3.66. The minimum Gasteiger partial charge on any atom is -0.479 e. The molecule has 2 aromatic rings. The monoisotopic (exact) mass is 308 g/mol. The predicted molar refractivity (Wildman–Crippen MR) is 75.2 cm³/mol. The molecule has 0 amide bonds. The molecular weight excluding hydrogens is 296 g/mol. The zero-order chi connectivity index (χ0) is 13.1. The smallest absolute Gasteiger partial charge is 0.242 e. The summed E-state index contributed by atoms with van der Waals surface area (Å²) in [6.45, 7) is 2.00. The molecule has 0 atom stereocenters. The van der Waals surface area contributed by atoms with Gasteiger partial charge in [0, 0.05) is 10.2 Å². The molecule has 94 valence electrons. The van der Waals surface area contributed by atoms with Gasteiger partial charge < -0.3 is 15.8 Å². The third kappa shape index (κ3) is 2.38. The zero-order valence-corrected chi connectivity index (χ0v) is 11.7. The van der Waals surface area contributed by atoms with E-state index in [0.29, 0.717) is 17.4 Å². The number of hydrogen-bond donors (Lipinski definition) is 2. The Morgan fingerprint density at radius 1 is 1.33 bits per heavy atom. The van der Waals surface area contributed by atoms with Crippen LogP contribution in [-0.4, -0.2) is 17.1 Å². The molecule has 0 spiro atoms. The van der Waals surface area contributed by atoms with Gasteiger partial charge in [-0.2, -0.15) is 4.98 Å². The summed E-state index contributed by atoms with van der Waals surface area (Å²) < 4.78 is 6.07. The highest BCUT2D eigenvalue weighted by Crippen LogP contribution is 2.30. The maximum Gasteiger partial charge on any atom is 0.242 e. The van der Waals surface area contributed by atoms with Crippen molar-refractivity contribution in [2.24, 2.45) is 0 Å². The van der Waals surface area contributed by atoms with Crippen LogP contribution in [0.5, 0.6) is 5.88 Å². The Morgan fingerprint density at radius 2 is 2.11 bits per heavy atom. The van der Waals surface area contributed by atoms with E-state index in [1.54, 1.807) is 0 Å². The second-order valence-corrected chi connectivity index (χ2v) is 4.54. The van der Waals surface area contributed by atoms with E-state index in [4.69, 9.17) is 10.5 Å². The van der Waals surface area contributed by atoms with E-state index in [9.17, 15) is 0 Å². The van der Waals surface area contributed by atoms with Crippen LogP contribution in [0.15, 0.2) is 29.0 Å². The third-order valence-electron chi connectivity index (χ3n) is 2.56. The highest BCUT2D eigenvalue weighted by atomic mass is 79.9. The number of nitrogens with two attached hydrogens (primary N) is 1. The number of rotatable bonds is 3. The van der Waals surface area contributed by atoms with E-state index in [0.717, 1.165) is 15.7 Å². The molecule has 0 aliphatic carbocycles. The largest absolute Gasteiger partial charge is 0.479 e. The molecule has 0 unspecified atom stereocenters. The number of nitrogens with zero attached hydrogens (tertiary/aromatic N) is 2. The molecule has 0 bridgehead atoms. The first-order chi connectivity index (χ1) is 8.63. The quantitative estimate of drug-likeness (QED) is 0.912. The number of benzene rings is 1. The number of halogens is 1. The Hall–Kier alpha value is -1.82. The van der Waals surface area contributed by atoms with E-state index >= 15 is 0 Å². The van der Waals surface area contributed by atoms with Crippen molar-refractivity contribution >= 4 is 33.1 Å². The van der Waals surface area contributed by atoms with Gasteiger partial charge in [0.15, 0.2) is 5.82 Å². The van der Waals surface area contributed by atoms with Crippen LogP contribution in [0.4, 0.5) is 17.2 Å². The molecule has 1 heterocycles. The van der Waals surface area contributed by atoms with Gasteiger partial charge in [0.2, 0.25) is 5.88 Å². The molecular formula is C12H13BrN4O. The third-order valence-corrected chi connectivity index (χ3v) is 3.42. The van der Waals surface area contributed by atoms with E-state index in [-0.39, 0.29) is 0 Å². The standard InChI is InChI=1S/C12H13BrN4O/c1-7-8(13)4-3-5-9(7)17-11-10(14)12(18-2)16-6-15-11/h3-6H,14H2,1-2H3,(H,15,16,17). The number of anilines is 3. The second kappa shape index (κ2) is 5.22. The molecule has 0 aliphatic heterocycles. The SMILES string of the molecule is COc1ncnc(Nc2cccc(Br)c2C)c1N. The molecule has 18 heavy (non-hydrogen) atoms. The first kappa shape index (κ1) is 12.6. The summed E-state index contributed by atoms with van der Waals surface area (Å²) in [6.07, 6.45) is 1.41. The van der Waals surface area contributed by atoms with E-state index in [1.165, 1.54) is 13.4 Å². The lowest BCUT2D eigenvalue weighted by Gasteiger charge is -2.12. The van der Waals surface area contributed by atoms with Crippen molar-refractivity contribution in [1.82, 2.24) is 9.97 Å². The van der Waals surface area contributed by atoms with Crippen LogP contribution in [0.1, 0.15) is 5.56 Å². The van der Waals surface area contributed by atoms with Crippen LogP contribution in [0.2, 0.25) is 0 Å². The number of nitrogen functional groups attached to an aromatic ring is 1. The molecule has 6 heteroatoms. The molecule has 1 aromatic carbocycles. The van der Waals surface area contributed by atoms with Gasteiger partial charge in [-0.25, -0.2) is 4.98 Å². The van der Waals surface area contributed by atoms with Crippen LogP contribution in [-0.2, 0) is 0 Å². The van der Waals surface area contributed by atoms with Gasteiger partial charge >= 0.3 is 0 Å². The Labute approximate surface area is 114 Å². The fourth-order valence-electron chi connectivity index (χ4n) is 1.51. The molecule has 1 aromatic heterocycles. The normalized spacial score (nSPS) is 10.2. The topological polar surface area (TPSA) is 73.1 Å². The van der Waals surface area contributed by atoms with E-state index in [1.807, 2.05) is 25.1 Å². The van der Waals surface area contributed by atoms with Crippen molar-refractivity contribution in [2.75, 3.05) is 18.2 Å². The number of ether oxygens (including phenoxy) is 1. The molecule has 0 fully saturated rings. The van der Waals surface area contributed by atoms with Crippen molar-refractivity contribution in [3.8, 4) is 5.88 Å². The molecule has 3 N–H and O–H groups in total. The van der Waals surface area contributed by atoms with Gasteiger partial charge in [0.1, 0.15) is 12.0 Å². The fraction of sp³-hybridized carbons (Fsp3) is 0.167. The summed E-state index contributed by atoms with van der Waals surface area (Å²) in [4.78, 5) is 8.04. The van der Waals surface area contributed by atoms with Crippen molar-refractivity contribution in [1.29, 1.82) is 0 Å². The first-order valence-corrected chi connectivity index (χ1v) is 6.09. The van der Waals surface area contributed by atoms with Crippen molar-refractivity contribution in [2.45, 2.75) is 6.92 Å². The van der Waals surface area contributed by atoms with Crippen molar-refractivity contribution < 1.29 is 4.74 Å². The summed E-state index contributed by atoms with van der Waals surface area (Å²) in [5.41, 5.74) is 8.30. The van der Waals surface area contributed by atoms with Gasteiger partial charge in [0.05, 0.1) is 7.11 Å². The zero-order valence-electron chi connectivity index (χ0n) is 10.1. The number of aromatic nitrogens is 2. The fourth-order valence-corrected chi connectivity index (χ4v) is 1.88. The highest BCUT2D eigenvalue weighted by Gasteiger charge is 2.10. The summed E-state index contributed by atoms with van der Waals surface area (Å²) in [6, 6.07) is 5.87. The second-order valence-electron chi connectivity index (χ2n) is 3.68. The van der Waals surface area contributed by atoms with Gasteiger partial charge in [0.25, 0.3) is 0 Å².